The molecule has 0 saturated heterocycles. The average Bonchev–Trinajstić information content (AvgIpc) is 2.76. The Bertz CT molecular complexity index is 1210. The van der Waals surface area contributed by atoms with E-state index in [-0.39, 0.29) is 18.4 Å². The maximum absolute atomic E-state index is 12.6. The number of hydrogen-bond donors (Lipinski definition) is 1. The predicted octanol–water partition coefficient (Wildman–Crippen LogP) is 5.88. The molecule has 3 aromatic carbocycles. The van der Waals surface area contributed by atoms with Crippen molar-refractivity contribution in [2.24, 2.45) is 0 Å². The standard InChI is InChI=1S/C25H20Cl2N2O3/c1-16-2-4-17(5-3-16)14-29-22-13-20(9-10-23(22)32-15-25(29)31)28-24(30)11-7-18-6-8-19(26)12-21(18)27/h2-13H,14-15H2,1H3,(H,28,30)/b11-7+. The van der Waals surface area contributed by atoms with Gasteiger partial charge in [0.2, 0.25) is 5.91 Å². The lowest BCUT2D eigenvalue weighted by atomic mass is 10.1. The first kappa shape index (κ1) is 21.9. The van der Waals surface area contributed by atoms with Crippen molar-refractivity contribution < 1.29 is 14.3 Å². The molecule has 0 spiro atoms. The van der Waals surface area contributed by atoms with Crippen LogP contribution in [-0.4, -0.2) is 18.4 Å². The van der Waals surface area contributed by atoms with Crippen molar-refractivity contribution in [3.63, 3.8) is 0 Å². The quantitative estimate of drug-likeness (QED) is 0.477. The summed E-state index contributed by atoms with van der Waals surface area (Å²) in [5, 5.41) is 3.79. The zero-order valence-corrected chi connectivity index (χ0v) is 18.8. The Balaban J connectivity index is 1.52. The molecule has 0 bridgehead atoms. The van der Waals surface area contributed by atoms with Crippen LogP contribution >= 0.6 is 23.2 Å². The molecule has 0 aromatic heterocycles. The topological polar surface area (TPSA) is 58.6 Å². The molecule has 162 valence electrons. The highest BCUT2D eigenvalue weighted by atomic mass is 35.5. The molecule has 3 aromatic rings. The van der Waals surface area contributed by atoms with Gasteiger partial charge in [0.05, 0.1) is 12.2 Å². The highest BCUT2D eigenvalue weighted by molar-refractivity contribution is 6.35. The van der Waals surface area contributed by atoms with Crippen LogP contribution in [0.25, 0.3) is 6.08 Å². The molecule has 0 aliphatic carbocycles. The van der Waals surface area contributed by atoms with E-state index in [0.29, 0.717) is 39.3 Å². The number of amides is 2. The molecular formula is C25H20Cl2N2O3. The summed E-state index contributed by atoms with van der Waals surface area (Å²) in [6.45, 7) is 2.42. The monoisotopic (exact) mass is 466 g/mol. The number of hydrogen-bond acceptors (Lipinski definition) is 3. The molecule has 0 saturated carbocycles. The summed E-state index contributed by atoms with van der Waals surface area (Å²) >= 11 is 12.0. The maximum Gasteiger partial charge on any atom is 0.265 e. The minimum atomic E-state index is -0.330. The van der Waals surface area contributed by atoms with E-state index in [1.54, 1.807) is 47.4 Å². The Morgan fingerprint density at radius 1 is 1.09 bits per heavy atom. The van der Waals surface area contributed by atoms with Crippen molar-refractivity contribution in [1.82, 2.24) is 0 Å². The van der Waals surface area contributed by atoms with E-state index in [4.69, 9.17) is 27.9 Å². The summed E-state index contributed by atoms with van der Waals surface area (Å²) < 4.78 is 5.57. The minimum Gasteiger partial charge on any atom is -0.482 e. The number of nitrogens with zero attached hydrogens (tertiary/aromatic N) is 1. The van der Waals surface area contributed by atoms with Crippen molar-refractivity contribution in [3.05, 3.63) is 93.5 Å². The molecule has 0 atom stereocenters. The van der Waals surface area contributed by atoms with Crippen molar-refractivity contribution in [2.75, 3.05) is 16.8 Å². The zero-order valence-electron chi connectivity index (χ0n) is 17.3. The first-order valence-electron chi connectivity index (χ1n) is 9.96. The predicted molar refractivity (Wildman–Crippen MR) is 128 cm³/mol. The van der Waals surface area contributed by atoms with Gasteiger partial charge < -0.3 is 15.0 Å². The van der Waals surface area contributed by atoms with Gasteiger partial charge in [-0.25, -0.2) is 0 Å². The van der Waals surface area contributed by atoms with Crippen molar-refractivity contribution in [1.29, 1.82) is 0 Å². The van der Waals surface area contributed by atoms with E-state index in [1.165, 1.54) is 6.08 Å². The van der Waals surface area contributed by atoms with Gasteiger partial charge in [0, 0.05) is 21.8 Å². The fourth-order valence-corrected chi connectivity index (χ4v) is 3.79. The second-order valence-corrected chi connectivity index (χ2v) is 8.27. The highest BCUT2D eigenvalue weighted by Gasteiger charge is 2.26. The number of fused-ring (bicyclic) bond motifs is 1. The Morgan fingerprint density at radius 3 is 2.62 bits per heavy atom. The van der Waals surface area contributed by atoms with Crippen LogP contribution in [0, 0.1) is 6.92 Å². The fraction of sp³-hybridized carbons (Fsp3) is 0.120. The van der Waals surface area contributed by atoms with Crippen LogP contribution in [0.1, 0.15) is 16.7 Å². The molecule has 0 unspecified atom stereocenters. The number of anilines is 2. The summed E-state index contributed by atoms with van der Waals surface area (Å²) in [7, 11) is 0. The third kappa shape index (κ3) is 5.13. The van der Waals surface area contributed by atoms with E-state index in [1.807, 2.05) is 31.2 Å². The SMILES string of the molecule is Cc1ccc(CN2C(=O)COc3ccc(NC(=O)/C=C/c4ccc(Cl)cc4Cl)cc32)cc1. The van der Waals surface area contributed by atoms with E-state index in [2.05, 4.69) is 5.32 Å². The van der Waals surface area contributed by atoms with Crippen molar-refractivity contribution >= 4 is 52.5 Å². The molecule has 7 heteroatoms. The van der Waals surface area contributed by atoms with E-state index >= 15 is 0 Å². The minimum absolute atomic E-state index is 0.0187. The number of ether oxygens (including phenoxy) is 1. The molecule has 1 heterocycles. The van der Waals surface area contributed by atoms with Crippen LogP contribution < -0.4 is 15.0 Å². The van der Waals surface area contributed by atoms with E-state index in [0.717, 1.165) is 11.1 Å². The number of carbonyl (C=O) groups is 2. The van der Waals surface area contributed by atoms with Gasteiger partial charge in [-0.15, -0.1) is 0 Å². The summed E-state index contributed by atoms with van der Waals surface area (Å²) in [5.74, 6) is 0.126. The Hall–Kier alpha value is -3.28. The van der Waals surface area contributed by atoms with Crippen LogP contribution in [0.5, 0.6) is 5.75 Å². The Labute approximate surface area is 196 Å². The van der Waals surface area contributed by atoms with Gasteiger partial charge in [0.1, 0.15) is 5.75 Å². The Morgan fingerprint density at radius 2 is 1.88 bits per heavy atom. The lowest BCUT2D eigenvalue weighted by Crippen LogP contribution is -2.38. The lowest BCUT2D eigenvalue weighted by molar-refractivity contribution is -0.121. The lowest BCUT2D eigenvalue weighted by Gasteiger charge is -2.30. The molecule has 1 aliphatic rings. The number of halogens is 2. The molecule has 4 rings (SSSR count). The fourth-order valence-electron chi connectivity index (χ4n) is 3.32. The second-order valence-electron chi connectivity index (χ2n) is 7.43. The number of aryl methyl sites for hydroxylation is 1. The van der Waals surface area contributed by atoms with Gasteiger partial charge >= 0.3 is 0 Å². The molecule has 0 fully saturated rings. The molecular weight excluding hydrogens is 447 g/mol. The van der Waals surface area contributed by atoms with Gasteiger partial charge in [-0.2, -0.15) is 0 Å². The molecule has 1 aliphatic heterocycles. The average molecular weight is 467 g/mol. The first-order valence-corrected chi connectivity index (χ1v) is 10.7. The zero-order chi connectivity index (χ0) is 22.7. The number of rotatable bonds is 5. The van der Waals surface area contributed by atoms with Gasteiger partial charge in [-0.05, 0) is 54.5 Å². The molecule has 32 heavy (non-hydrogen) atoms. The van der Waals surface area contributed by atoms with Crippen LogP contribution in [-0.2, 0) is 16.1 Å². The van der Waals surface area contributed by atoms with Crippen molar-refractivity contribution in [2.45, 2.75) is 13.5 Å². The number of benzene rings is 3. The highest BCUT2D eigenvalue weighted by Crippen LogP contribution is 2.35. The third-order valence-corrected chi connectivity index (χ3v) is 5.57. The molecule has 1 N–H and O–H groups in total. The van der Waals surface area contributed by atoms with Gasteiger partial charge in [-0.1, -0.05) is 59.1 Å². The number of nitrogens with one attached hydrogen (secondary N) is 1. The normalized spacial score (nSPS) is 13.1. The van der Waals surface area contributed by atoms with E-state index < -0.39 is 0 Å². The van der Waals surface area contributed by atoms with E-state index in [9.17, 15) is 9.59 Å². The second kappa shape index (κ2) is 9.47. The first-order chi connectivity index (χ1) is 15.4. The molecule has 0 radical (unpaired) electrons. The maximum atomic E-state index is 12.6. The Kier molecular flexibility index (Phi) is 6.49. The van der Waals surface area contributed by atoms with Gasteiger partial charge in [0.15, 0.2) is 6.61 Å². The van der Waals surface area contributed by atoms with Crippen molar-refractivity contribution in [3.8, 4) is 5.75 Å². The molecule has 2 amide bonds. The van der Waals surface area contributed by atoms with Crippen LogP contribution in [0.15, 0.2) is 66.7 Å². The number of carbonyl (C=O) groups excluding carboxylic acids is 2. The molecule has 5 nitrogen and oxygen atoms in total. The summed E-state index contributed by atoms with van der Waals surface area (Å²) in [4.78, 5) is 26.6. The smallest absolute Gasteiger partial charge is 0.265 e. The third-order valence-electron chi connectivity index (χ3n) is 5.01. The van der Waals surface area contributed by atoms with Crippen LogP contribution in [0.4, 0.5) is 11.4 Å². The van der Waals surface area contributed by atoms with Gasteiger partial charge in [-0.3, -0.25) is 9.59 Å². The summed E-state index contributed by atoms with van der Waals surface area (Å²) in [6.07, 6.45) is 3.00. The largest absolute Gasteiger partial charge is 0.482 e. The van der Waals surface area contributed by atoms with Crippen LogP contribution in [0.3, 0.4) is 0 Å². The summed E-state index contributed by atoms with van der Waals surface area (Å²) in [5.41, 5.74) is 4.01. The van der Waals surface area contributed by atoms with Crippen LogP contribution in [0.2, 0.25) is 10.0 Å². The summed E-state index contributed by atoms with van der Waals surface area (Å²) in [6, 6.07) is 18.3. The van der Waals surface area contributed by atoms with Gasteiger partial charge in [0.25, 0.3) is 5.91 Å².